The minimum Gasteiger partial charge on any atom is -0.325 e. The van der Waals surface area contributed by atoms with Crippen LogP contribution in [0.1, 0.15) is 175 Å². The van der Waals surface area contributed by atoms with Crippen LogP contribution in [0, 0.1) is 5.92 Å². The first-order valence-corrected chi connectivity index (χ1v) is 18.0. The summed E-state index contributed by atoms with van der Waals surface area (Å²) in [6.45, 7) is 11.1. The Labute approximate surface area is 216 Å². The van der Waals surface area contributed by atoms with Gasteiger partial charge in [0.25, 0.3) is 0 Å². The van der Waals surface area contributed by atoms with E-state index in [-0.39, 0.29) is 6.10 Å². The van der Waals surface area contributed by atoms with E-state index < -0.39 is 7.37 Å². The molecule has 1 unspecified atom stereocenters. The highest BCUT2D eigenvalue weighted by atomic mass is 31.2. The lowest BCUT2D eigenvalue weighted by Crippen LogP contribution is -2.14. The Bertz CT molecular complexity index is 425. The molecule has 34 heavy (non-hydrogen) atoms. The Morgan fingerprint density at radius 3 is 1.26 bits per heavy atom. The number of rotatable bonds is 27. The van der Waals surface area contributed by atoms with Gasteiger partial charge in [0, 0.05) is 12.8 Å². The normalized spacial score (nSPS) is 13.7. The molecule has 0 aliphatic rings. The molecule has 1 atom stereocenters. The smallest absolute Gasteiger partial charge is 0.200 e. The second-order valence-electron chi connectivity index (χ2n) is 11.2. The molecule has 0 bridgehead atoms. The van der Waals surface area contributed by atoms with E-state index in [4.69, 9.17) is 4.52 Å². The lowest BCUT2D eigenvalue weighted by Gasteiger charge is -2.25. The third-order valence-electron chi connectivity index (χ3n) is 7.51. The lowest BCUT2D eigenvalue weighted by molar-refractivity contribution is 0.176. The summed E-state index contributed by atoms with van der Waals surface area (Å²) in [4.78, 5) is 0. The van der Waals surface area contributed by atoms with Crippen LogP contribution in [-0.4, -0.2) is 18.9 Å². The summed E-state index contributed by atoms with van der Waals surface area (Å²) in [6, 6.07) is 0. The van der Waals surface area contributed by atoms with Crippen LogP contribution in [0.25, 0.3) is 0 Å². The molecule has 0 aliphatic heterocycles. The summed E-state index contributed by atoms with van der Waals surface area (Å²) >= 11 is 0. The third-order valence-corrected chi connectivity index (χ3v) is 9.32. The van der Waals surface area contributed by atoms with Gasteiger partial charge < -0.3 is 4.52 Å². The summed E-state index contributed by atoms with van der Waals surface area (Å²) in [5.74, 6) is 0.743. The van der Waals surface area contributed by atoms with Crippen molar-refractivity contribution in [3.8, 4) is 0 Å². The molecule has 0 N–H and O–H groups in total. The summed E-state index contributed by atoms with van der Waals surface area (Å²) < 4.78 is 20.0. The van der Waals surface area contributed by atoms with Gasteiger partial charge in [0.2, 0.25) is 0 Å². The monoisotopic (exact) mass is 500 g/mol. The minimum absolute atomic E-state index is 0.214. The molecule has 0 aliphatic carbocycles. The predicted octanol–water partition coefficient (Wildman–Crippen LogP) is 11.9. The molecule has 0 saturated carbocycles. The van der Waals surface area contributed by atoms with Gasteiger partial charge in [-0.1, -0.05) is 156 Å². The van der Waals surface area contributed by atoms with Crippen molar-refractivity contribution in [3.63, 3.8) is 0 Å². The van der Waals surface area contributed by atoms with Crippen LogP contribution in [0.4, 0.5) is 0 Å². The van der Waals surface area contributed by atoms with Crippen LogP contribution in [0.15, 0.2) is 0 Å². The summed E-state index contributed by atoms with van der Waals surface area (Å²) in [7, 11) is -2.51. The second kappa shape index (κ2) is 24.9. The maximum absolute atomic E-state index is 13.5. The van der Waals surface area contributed by atoms with Gasteiger partial charge in [-0.2, -0.15) is 0 Å². The van der Waals surface area contributed by atoms with E-state index in [1.165, 1.54) is 128 Å². The quantitative estimate of drug-likeness (QED) is 0.0827. The average molecular weight is 501 g/mol. The largest absolute Gasteiger partial charge is 0.325 e. The van der Waals surface area contributed by atoms with Crippen LogP contribution in [0.2, 0.25) is 0 Å². The van der Waals surface area contributed by atoms with Crippen molar-refractivity contribution in [1.29, 1.82) is 0 Å². The molecule has 2 nitrogen and oxygen atoms in total. The van der Waals surface area contributed by atoms with Gasteiger partial charge in [-0.25, -0.2) is 0 Å². The van der Waals surface area contributed by atoms with Crippen molar-refractivity contribution in [3.05, 3.63) is 0 Å². The third kappa shape index (κ3) is 22.6. The van der Waals surface area contributed by atoms with Crippen LogP contribution in [-0.2, 0) is 9.09 Å². The van der Waals surface area contributed by atoms with E-state index in [0.717, 1.165) is 31.3 Å². The molecular weight excluding hydrogens is 435 g/mol. The zero-order valence-electron chi connectivity index (χ0n) is 24.4. The Hall–Kier alpha value is 0.190. The Balaban J connectivity index is 4.67. The first-order valence-electron chi connectivity index (χ1n) is 15.7. The SMILES string of the molecule is CCCCCCCC(CCCCCCC)OP(C)(=O)CCC(CCCCCC)CCCCCC. The molecule has 0 spiro atoms. The Morgan fingerprint density at radius 2 is 0.853 bits per heavy atom. The molecule has 0 heterocycles. The first-order chi connectivity index (χ1) is 16.5. The van der Waals surface area contributed by atoms with Gasteiger partial charge in [-0.3, -0.25) is 4.57 Å². The second-order valence-corrected chi connectivity index (χ2v) is 13.9. The highest BCUT2D eigenvalue weighted by molar-refractivity contribution is 7.58. The van der Waals surface area contributed by atoms with E-state index in [2.05, 4.69) is 27.7 Å². The fourth-order valence-corrected chi connectivity index (χ4v) is 6.92. The summed E-state index contributed by atoms with van der Waals surface area (Å²) in [5, 5.41) is 0. The maximum atomic E-state index is 13.5. The van der Waals surface area contributed by atoms with E-state index in [0.29, 0.717) is 0 Å². The van der Waals surface area contributed by atoms with Gasteiger partial charge in [-0.05, 0) is 25.2 Å². The van der Waals surface area contributed by atoms with E-state index >= 15 is 0 Å². The Morgan fingerprint density at radius 1 is 0.500 bits per heavy atom. The molecule has 0 radical (unpaired) electrons. The number of hydrogen-bond acceptors (Lipinski definition) is 2. The fraction of sp³-hybridized carbons (Fsp3) is 1.00. The van der Waals surface area contributed by atoms with E-state index in [9.17, 15) is 4.57 Å². The topological polar surface area (TPSA) is 26.3 Å². The average Bonchev–Trinajstić information content (AvgIpc) is 2.81. The van der Waals surface area contributed by atoms with Crippen molar-refractivity contribution in [2.24, 2.45) is 5.92 Å². The maximum Gasteiger partial charge on any atom is 0.200 e. The number of hydrogen-bond donors (Lipinski definition) is 0. The highest BCUT2D eigenvalue weighted by Gasteiger charge is 2.23. The first kappa shape index (κ1) is 34.2. The zero-order chi connectivity index (χ0) is 25.3. The van der Waals surface area contributed by atoms with Crippen LogP contribution >= 0.6 is 7.37 Å². The van der Waals surface area contributed by atoms with Crippen LogP contribution < -0.4 is 0 Å². The highest BCUT2D eigenvalue weighted by Crippen LogP contribution is 2.47. The van der Waals surface area contributed by atoms with E-state index in [1.807, 2.05) is 6.66 Å². The molecule has 0 saturated heterocycles. The summed E-state index contributed by atoms with van der Waals surface area (Å²) in [5.41, 5.74) is 0. The molecule has 0 aromatic rings. The Kier molecular flexibility index (Phi) is 25.0. The lowest BCUT2D eigenvalue weighted by atomic mass is 9.92. The van der Waals surface area contributed by atoms with Crippen molar-refractivity contribution in [2.75, 3.05) is 12.8 Å². The predicted molar refractivity (Wildman–Crippen MR) is 156 cm³/mol. The van der Waals surface area contributed by atoms with Crippen LogP contribution in [0.5, 0.6) is 0 Å². The molecular formula is C31H65O2P. The molecule has 0 fully saturated rings. The van der Waals surface area contributed by atoms with Crippen molar-refractivity contribution < 1.29 is 9.09 Å². The molecule has 0 rings (SSSR count). The van der Waals surface area contributed by atoms with Gasteiger partial charge >= 0.3 is 0 Å². The van der Waals surface area contributed by atoms with Crippen molar-refractivity contribution in [1.82, 2.24) is 0 Å². The van der Waals surface area contributed by atoms with Crippen molar-refractivity contribution in [2.45, 2.75) is 181 Å². The molecule has 206 valence electrons. The van der Waals surface area contributed by atoms with E-state index in [1.54, 1.807) is 0 Å². The number of unbranched alkanes of at least 4 members (excludes halogenated alkanes) is 14. The van der Waals surface area contributed by atoms with Gasteiger partial charge in [-0.15, -0.1) is 0 Å². The molecule has 3 heteroatoms. The molecule has 0 amide bonds. The van der Waals surface area contributed by atoms with Gasteiger partial charge in [0.05, 0.1) is 6.10 Å². The standard InChI is InChI=1S/C31H65O2P/c1-6-10-14-18-22-26-31(27-23-19-15-11-7-2)33-34(5,32)29-28-30(24-20-16-12-8-3)25-21-17-13-9-4/h30-31H,6-29H2,1-5H3. The molecule has 0 aromatic carbocycles. The van der Waals surface area contributed by atoms with Gasteiger partial charge in [0.15, 0.2) is 7.37 Å². The summed E-state index contributed by atoms with van der Waals surface area (Å²) in [6.07, 6.45) is 30.7. The zero-order valence-corrected chi connectivity index (χ0v) is 25.3. The van der Waals surface area contributed by atoms with Gasteiger partial charge in [0.1, 0.15) is 0 Å². The minimum atomic E-state index is -2.51. The fourth-order valence-electron chi connectivity index (χ4n) is 5.14. The van der Waals surface area contributed by atoms with Crippen molar-refractivity contribution >= 4 is 7.37 Å². The van der Waals surface area contributed by atoms with Crippen LogP contribution in [0.3, 0.4) is 0 Å². The molecule has 0 aromatic heterocycles.